The zero-order valence-corrected chi connectivity index (χ0v) is 11.9. The first-order chi connectivity index (χ1) is 9.22. The molecule has 0 unspecified atom stereocenters. The third-order valence-corrected chi connectivity index (χ3v) is 3.19. The molecule has 19 heavy (non-hydrogen) atoms. The number of nitrogens with one attached hydrogen (secondary N) is 2. The molecule has 0 aliphatic carbocycles. The Balaban J connectivity index is 1.93. The Labute approximate surface area is 115 Å². The maximum absolute atomic E-state index is 11.5. The zero-order valence-electron chi connectivity index (χ0n) is 11.9. The van der Waals surface area contributed by atoms with E-state index in [9.17, 15) is 9.59 Å². The van der Waals surface area contributed by atoms with E-state index in [-0.39, 0.29) is 11.8 Å². The second kappa shape index (κ2) is 9.78. The van der Waals surface area contributed by atoms with E-state index in [1.54, 1.807) is 0 Å². The molecule has 1 atom stereocenters. The summed E-state index contributed by atoms with van der Waals surface area (Å²) < 4.78 is 5.48. The number of hydrogen-bond donors (Lipinski definition) is 2. The van der Waals surface area contributed by atoms with E-state index in [4.69, 9.17) is 4.74 Å². The van der Waals surface area contributed by atoms with Gasteiger partial charge in [0.25, 0.3) is 0 Å². The summed E-state index contributed by atoms with van der Waals surface area (Å²) in [5.41, 5.74) is 0. The van der Waals surface area contributed by atoms with Crippen molar-refractivity contribution in [3.05, 3.63) is 0 Å². The molecule has 1 rings (SSSR count). The smallest absolute Gasteiger partial charge is 0.220 e. The molecule has 1 heterocycles. The molecule has 0 radical (unpaired) electrons. The largest absolute Gasteiger partial charge is 0.378 e. The summed E-state index contributed by atoms with van der Waals surface area (Å²) >= 11 is 0. The minimum Gasteiger partial charge on any atom is -0.378 e. The van der Waals surface area contributed by atoms with Gasteiger partial charge in [0.2, 0.25) is 11.8 Å². The van der Waals surface area contributed by atoms with Crippen LogP contribution in [-0.4, -0.2) is 37.6 Å². The van der Waals surface area contributed by atoms with E-state index < -0.39 is 0 Å². The average molecular weight is 270 g/mol. The molecule has 2 amide bonds. The minimum absolute atomic E-state index is 0.0290. The third kappa shape index (κ3) is 7.82. The average Bonchev–Trinajstić information content (AvgIpc) is 2.89. The molecule has 1 fully saturated rings. The molecule has 110 valence electrons. The molecule has 1 aliphatic heterocycles. The van der Waals surface area contributed by atoms with Crippen LogP contribution in [0.25, 0.3) is 0 Å². The van der Waals surface area contributed by atoms with Crippen LogP contribution in [-0.2, 0) is 14.3 Å². The highest BCUT2D eigenvalue weighted by molar-refractivity contribution is 5.78. The lowest BCUT2D eigenvalue weighted by atomic mass is 10.2. The second-order valence-electron chi connectivity index (χ2n) is 4.98. The number of carbonyl (C=O) groups is 2. The SMILES string of the molecule is CCCNC(=O)CCCC(=O)NCC[C@H]1CCCO1. The van der Waals surface area contributed by atoms with Crippen LogP contribution in [0.1, 0.15) is 51.9 Å². The van der Waals surface area contributed by atoms with E-state index in [1.807, 2.05) is 6.92 Å². The Hall–Kier alpha value is -1.10. The Bertz CT molecular complexity index is 276. The molecule has 0 aromatic carbocycles. The van der Waals surface area contributed by atoms with Crippen molar-refractivity contribution in [1.29, 1.82) is 0 Å². The lowest BCUT2D eigenvalue weighted by Gasteiger charge is -2.10. The van der Waals surface area contributed by atoms with Crippen LogP contribution >= 0.6 is 0 Å². The quantitative estimate of drug-likeness (QED) is 0.665. The topological polar surface area (TPSA) is 67.4 Å². The third-order valence-electron chi connectivity index (χ3n) is 3.19. The molecule has 0 bridgehead atoms. The molecule has 2 N–H and O–H groups in total. The van der Waals surface area contributed by atoms with Gasteiger partial charge in [0, 0.05) is 32.5 Å². The van der Waals surface area contributed by atoms with Gasteiger partial charge in [0.15, 0.2) is 0 Å². The van der Waals surface area contributed by atoms with Gasteiger partial charge >= 0.3 is 0 Å². The van der Waals surface area contributed by atoms with Crippen molar-refractivity contribution >= 4 is 11.8 Å². The van der Waals surface area contributed by atoms with Gasteiger partial charge in [0.05, 0.1) is 6.10 Å². The molecule has 1 saturated heterocycles. The maximum Gasteiger partial charge on any atom is 0.220 e. The van der Waals surface area contributed by atoms with Gasteiger partial charge in [-0.2, -0.15) is 0 Å². The molecule has 0 saturated carbocycles. The minimum atomic E-state index is 0.0290. The predicted octanol–water partition coefficient (Wildman–Crippen LogP) is 1.37. The monoisotopic (exact) mass is 270 g/mol. The summed E-state index contributed by atoms with van der Waals surface area (Å²) in [5, 5.41) is 5.67. The van der Waals surface area contributed by atoms with Crippen molar-refractivity contribution in [2.24, 2.45) is 0 Å². The Morgan fingerprint density at radius 3 is 2.42 bits per heavy atom. The maximum atomic E-state index is 11.5. The van der Waals surface area contributed by atoms with Crippen molar-refractivity contribution < 1.29 is 14.3 Å². The van der Waals surface area contributed by atoms with Crippen LogP contribution in [0.4, 0.5) is 0 Å². The van der Waals surface area contributed by atoms with Crippen LogP contribution in [0, 0.1) is 0 Å². The van der Waals surface area contributed by atoms with E-state index in [1.165, 1.54) is 0 Å². The summed E-state index contributed by atoms with van der Waals surface area (Å²) in [5.74, 6) is 0.0651. The number of amides is 2. The summed E-state index contributed by atoms with van der Waals surface area (Å²) in [6.07, 6.45) is 5.85. The van der Waals surface area contributed by atoms with Gasteiger partial charge < -0.3 is 15.4 Å². The van der Waals surface area contributed by atoms with Crippen LogP contribution in [0.15, 0.2) is 0 Å². The lowest BCUT2D eigenvalue weighted by Crippen LogP contribution is -2.28. The van der Waals surface area contributed by atoms with Crippen LogP contribution < -0.4 is 10.6 Å². The molecule has 5 nitrogen and oxygen atoms in total. The van der Waals surface area contributed by atoms with E-state index in [0.717, 1.165) is 32.3 Å². The Morgan fingerprint density at radius 2 is 1.84 bits per heavy atom. The van der Waals surface area contributed by atoms with Crippen LogP contribution in [0.5, 0.6) is 0 Å². The molecular weight excluding hydrogens is 244 g/mol. The van der Waals surface area contributed by atoms with Gasteiger partial charge in [-0.3, -0.25) is 9.59 Å². The number of carbonyl (C=O) groups excluding carboxylic acids is 2. The van der Waals surface area contributed by atoms with Gasteiger partial charge in [0.1, 0.15) is 0 Å². The first-order valence-corrected chi connectivity index (χ1v) is 7.37. The highest BCUT2D eigenvalue weighted by Gasteiger charge is 2.15. The number of rotatable bonds is 9. The molecule has 0 aromatic rings. The fourth-order valence-corrected chi connectivity index (χ4v) is 2.10. The molecule has 1 aliphatic rings. The van der Waals surface area contributed by atoms with Crippen molar-refractivity contribution in [2.45, 2.75) is 58.0 Å². The van der Waals surface area contributed by atoms with Crippen molar-refractivity contribution in [2.75, 3.05) is 19.7 Å². The summed E-state index contributed by atoms with van der Waals surface area (Å²) in [7, 11) is 0. The lowest BCUT2D eigenvalue weighted by molar-refractivity contribution is -0.122. The van der Waals surface area contributed by atoms with Gasteiger partial charge in [-0.15, -0.1) is 0 Å². The normalized spacial score (nSPS) is 18.3. The van der Waals surface area contributed by atoms with Gasteiger partial charge in [-0.1, -0.05) is 6.92 Å². The van der Waals surface area contributed by atoms with Crippen molar-refractivity contribution in [1.82, 2.24) is 10.6 Å². The second-order valence-corrected chi connectivity index (χ2v) is 4.98. The first kappa shape index (κ1) is 16.0. The van der Waals surface area contributed by atoms with Crippen LogP contribution in [0.3, 0.4) is 0 Å². The fraction of sp³-hybridized carbons (Fsp3) is 0.857. The van der Waals surface area contributed by atoms with Gasteiger partial charge in [-0.05, 0) is 32.1 Å². The first-order valence-electron chi connectivity index (χ1n) is 7.37. The summed E-state index contributed by atoms with van der Waals surface area (Å²) in [6.45, 7) is 4.26. The Kier molecular flexibility index (Phi) is 8.21. The summed E-state index contributed by atoms with van der Waals surface area (Å²) in [4.78, 5) is 22.8. The van der Waals surface area contributed by atoms with E-state index >= 15 is 0 Å². The van der Waals surface area contributed by atoms with Crippen molar-refractivity contribution in [3.63, 3.8) is 0 Å². The predicted molar refractivity (Wildman–Crippen MR) is 73.8 cm³/mol. The highest BCUT2D eigenvalue weighted by Crippen LogP contribution is 2.14. The van der Waals surface area contributed by atoms with Gasteiger partial charge in [-0.25, -0.2) is 0 Å². The fourth-order valence-electron chi connectivity index (χ4n) is 2.10. The van der Waals surface area contributed by atoms with Crippen LogP contribution in [0.2, 0.25) is 0 Å². The number of hydrogen-bond acceptors (Lipinski definition) is 3. The van der Waals surface area contributed by atoms with E-state index in [2.05, 4.69) is 10.6 Å². The van der Waals surface area contributed by atoms with E-state index in [0.29, 0.717) is 38.5 Å². The van der Waals surface area contributed by atoms with Crippen molar-refractivity contribution in [3.8, 4) is 0 Å². The summed E-state index contributed by atoms with van der Waals surface area (Å²) in [6, 6.07) is 0. The Morgan fingerprint density at radius 1 is 1.16 bits per heavy atom. The highest BCUT2D eigenvalue weighted by atomic mass is 16.5. The standard InChI is InChI=1S/C14H26N2O3/c1-2-9-15-13(17)6-3-7-14(18)16-10-8-12-5-4-11-19-12/h12H,2-11H2,1H3,(H,15,17)(H,16,18)/t12-/m1/s1. The molecule has 0 spiro atoms. The molecule has 0 aromatic heterocycles. The zero-order chi connectivity index (χ0) is 13.9. The molecule has 5 heteroatoms. The molecular formula is C14H26N2O3. The number of ether oxygens (including phenoxy) is 1.